The van der Waals surface area contributed by atoms with Crippen LogP contribution in [0.1, 0.15) is 38.2 Å². The summed E-state index contributed by atoms with van der Waals surface area (Å²) in [6.07, 6.45) is 5.03. The molecule has 0 amide bonds. The third-order valence-electron chi connectivity index (χ3n) is 3.52. The average molecular weight is 299 g/mol. The molecule has 0 spiro atoms. The molecule has 1 saturated carbocycles. The Kier molecular flexibility index (Phi) is 4.99. The summed E-state index contributed by atoms with van der Waals surface area (Å²) in [6, 6.07) is 5.66. The molecule has 0 radical (unpaired) electrons. The molecule has 1 aromatic carbocycles. The molecule has 1 aliphatic rings. The molecule has 5 heteroatoms. The first kappa shape index (κ1) is 14.5. The molecule has 1 aliphatic carbocycles. The lowest BCUT2D eigenvalue weighted by Crippen LogP contribution is -2.18. The molecule has 2 rings (SSSR count). The predicted molar refractivity (Wildman–Crippen MR) is 81.2 cm³/mol. The molecule has 0 heterocycles. The van der Waals surface area contributed by atoms with Crippen molar-refractivity contribution in [3.63, 3.8) is 0 Å². The van der Waals surface area contributed by atoms with E-state index in [-0.39, 0.29) is 5.84 Å². The standard InChI is InChI=1S/C14H19ClN2OS/c1-9-4-2-5-10(8-9)19-12-7-3-6-11(15)13(12)14(16)17-18/h3,6-7,9-10,18H,2,4-5,8H2,1H3,(H2,16,17). The van der Waals surface area contributed by atoms with Gasteiger partial charge >= 0.3 is 0 Å². The summed E-state index contributed by atoms with van der Waals surface area (Å²) in [5.74, 6) is 0.856. The molecular formula is C14H19ClN2OS. The van der Waals surface area contributed by atoms with E-state index in [4.69, 9.17) is 22.5 Å². The van der Waals surface area contributed by atoms with Gasteiger partial charge in [-0.25, -0.2) is 0 Å². The fraction of sp³-hybridized carbons (Fsp3) is 0.500. The zero-order chi connectivity index (χ0) is 13.8. The van der Waals surface area contributed by atoms with Crippen LogP contribution in [0.25, 0.3) is 0 Å². The Morgan fingerprint density at radius 3 is 2.95 bits per heavy atom. The quantitative estimate of drug-likeness (QED) is 0.382. The topological polar surface area (TPSA) is 58.6 Å². The first-order valence-electron chi connectivity index (χ1n) is 6.55. The van der Waals surface area contributed by atoms with Crippen molar-refractivity contribution >= 4 is 29.2 Å². The van der Waals surface area contributed by atoms with Gasteiger partial charge < -0.3 is 10.9 Å². The molecule has 2 atom stereocenters. The fourth-order valence-electron chi connectivity index (χ4n) is 2.57. The third kappa shape index (κ3) is 3.57. The van der Waals surface area contributed by atoms with Gasteiger partial charge in [0, 0.05) is 10.1 Å². The van der Waals surface area contributed by atoms with E-state index in [0.29, 0.717) is 15.8 Å². The third-order valence-corrected chi connectivity index (χ3v) is 5.19. The summed E-state index contributed by atoms with van der Waals surface area (Å²) in [5, 5.41) is 13.1. The molecule has 3 nitrogen and oxygen atoms in total. The van der Waals surface area contributed by atoms with Crippen molar-refractivity contribution < 1.29 is 5.21 Å². The van der Waals surface area contributed by atoms with E-state index in [2.05, 4.69) is 12.1 Å². The lowest BCUT2D eigenvalue weighted by molar-refractivity contribution is 0.318. The number of thioether (sulfide) groups is 1. The van der Waals surface area contributed by atoms with Gasteiger partial charge in [0.15, 0.2) is 5.84 Å². The minimum Gasteiger partial charge on any atom is -0.409 e. The van der Waals surface area contributed by atoms with Crippen LogP contribution in [0.5, 0.6) is 0 Å². The maximum absolute atomic E-state index is 8.88. The highest BCUT2D eigenvalue weighted by Gasteiger charge is 2.22. The van der Waals surface area contributed by atoms with Gasteiger partial charge in [0.05, 0.1) is 10.6 Å². The predicted octanol–water partition coefficient (Wildman–Crippen LogP) is 4.11. The molecule has 0 aliphatic heterocycles. The summed E-state index contributed by atoms with van der Waals surface area (Å²) in [4.78, 5) is 1.00. The largest absolute Gasteiger partial charge is 0.409 e. The molecule has 19 heavy (non-hydrogen) atoms. The van der Waals surface area contributed by atoms with Crippen LogP contribution < -0.4 is 5.73 Å². The van der Waals surface area contributed by atoms with Gasteiger partial charge in [0.1, 0.15) is 0 Å². The van der Waals surface area contributed by atoms with Gasteiger partial charge in [-0.2, -0.15) is 0 Å². The van der Waals surface area contributed by atoms with Crippen molar-refractivity contribution in [3.8, 4) is 0 Å². The van der Waals surface area contributed by atoms with Crippen LogP contribution in [0.2, 0.25) is 5.02 Å². The Morgan fingerprint density at radius 1 is 1.47 bits per heavy atom. The highest BCUT2D eigenvalue weighted by molar-refractivity contribution is 8.00. The summed E-state index contributed by atoms with van der Waals surface area (Å²) in [7, 11) is 0. The molecule has 3 N–H and O–H groups in total. The van der Waals surface area contributed by atoms with Crippen molar-refractivity contribution in [3.05, 3.63) is 28.8 Å². The van der Waals surface area contributed by atoms with Crippen molar-refractivity contribution in [2.75, 3.05) is 0 Å². The van der Waals surface area contributed by atoms with Crippen molar-refractivity contribution in [1.29, 1.82) is 0 Å². The zero-order valence-corrected chi connectivity index (χ0v) is 12.5. The van der Waals surface area contributed by atoms with Gasteiger partial charge in [-0.15, -0.1) is 11.8 Å². The summed E-state index contributed by atoms with van der Waals surface area (Å²) in [5.41, 5.74) is 6.38. The number of hydrogen-bond acceptors (Lipinski definition) is 3. The summed E-state index contributed by atoms with van der Waals surface area (Å²) >= 11 is 7.96. The fourth-order valence-corrected chi connectivity index (χ4v) is 4.45. The number of amidine groups is 1. The van der Waals surface area contributed by atoms with Crippen LogP contribution in [0, 0.1) is 5.92 Å². The molecular weight excluding hydrogens is 280 g/mol. The van der Waals surface area contributed by atoms with Crippen LogP contribution in [0.4, 0.5) is 0 Å². The Morgan fingerprint density at radius 2 is 2.26 bits per heavy atom. The zero-order valence-electron chi connectivity index (χ0n) is 11.0. The average Bonchev–Trinajstić information content (AvgIpc) is 2.38. The number of halogens is 1. The van der Waals surface area contributed by atoms with Gasteiger partial charge in [-0.05, 0) is 30.9 Å². The van der Waals surface area contributed by atoms with Crippen LogP contribution >= 0.6 is 23.4 Å². The van der Waals surface area contributed by atoms with Crippen LogP contribution in [0.15, 0.2) is 28.3 Å². The number of benzene rings is 1. The molecule has 1 aromatic rings. The van der Waals surface area contributed by atoms with Crippen LogP contribution in [0.3, 0.4) is 0 Å². The molecule has 0 aromatic heterocycles. The van der Waals surface area contributed by atoms with E-state index >= 15 is 0 Å². The monoisotopic (exact) mass is 298 g/mol. The Balaban J connectivity index is 2.22. The number of rotatable bonds is 3. The Labute approximate surface area is 123 Å². The Bertz CT molecular complexity index is 479. The van der Waals surface area contributed by atoms with Crippen molar-refractivity contribution in [1.82, 2.24) is 0 Å². The van der Waals surface area contributed by atoms with E-state index < -0.39 is 0 Å². The minimum atomic E-state index is 0.0805. The number of nitrogens with zero attached hydrogens (tertiary/aromatic N) is 1. The normalized spacial score (nSPS) is 24.4. The van der Waals surface area contributed by atoms with E-state index in [1.807, 2.05) is 12.1 Å². The van der Waals surface area contributed by atoms with Gasteiger partial charge in [0.2, 0.25) is 0 Å². The van der Waals surface area contributed by atoms with Crippen molar-refractivity contribution in [2.24, 2.45) is 16.8 Å². The molecule has 1 fully saturated rings. The first-order valence-corrected chi connectivity index (χ1v) is 7.80. The molecule has 104 valence electrons. The number of nitrogens with two attached hydrogens (primary N) is 1. The minimum absolute atomic E-state index is 0.0805. The second-order valence-corrected chi connectivity index (χ2v) is 6.86. The van der Waals surface area contributed by atoms with Gasteiger partial charge in [0.25, 0.3) is 0 Å². The number of hydrogen-bond donors (Lipinski definition) is 2. The van der Waals surface area contributed by atoms with E-state index in [1.165, 1.54) is 25.7 Å². The Hall–Kier alpha value is -0.870. The highest BCUT2D eigenvalue weighted by Crippen LogP contribution is 2.38. The van der Waals surface area contributed by atoms with E-state index in [0.717, 1.165) is 10.8 Å². The molecule has 0 bridgehead atoms. The van der Waals surface area contributed by atoms with Crippen LogP contribution in [-0.4, -0.2) is 16.3 Å². The van der Waals surface area contributed by atoms with Gasteiger partial charge in [-0.3, -0.25) is 0 Å². The molecule has 0 saturated heterocycles. The number of oxime groups is 1. The van der Waals surface area contributed by atoms with Crippen LogP contribution in [-0.2, 0) is 0 Å². The summed E-state index contributed by atoms with van der Waals surface area (Å²) in [6.45, 7) is 2.30. The lowest BCUT2D eigenvalue weighted by Gasteiger charge is -2.26. The second-order valence-electron chi connectivity index (χ2n) is 5.11. The van der Waals surface area contributed by atoms with Crippen molar-refractivity contribution in [2.45, 2.75) is 42.8 Å². The SMILES string of the molecule is CC1CCCC(Sc2cccc(Cl)c2C(N)=NO)C1. The maximum atomic E-state index is 8.88. The second kappa shape index (κ2) is 6.53. The molecule has 2 unspecified atom stereocenters. The van der Waals surface area contributed by atoms with E-state index in [9.17, 15) is 0 Å². The lowest BCUT2D eigenvalue weighted by atomic mass is 9.91. The highest BCUT2D eigenvalue weighted by atomic mass is 35.5. The first-order chi connectivity index (χ1) is 9.11. The smallest absolute Gasteiger partial charge is 0.172 e. The van der Waals surface area contributed by atoms with E-state index in [1.54, 1.807) is 17.8 Å². The summed E-state index contributed by atoms with van der Waals surface area (Å²) < 4.78 is 0. The maximum Gasteiger partial charge on any atom is 0.172 e. The van der Waals surface area contributed by atoms with Gasteiger partial charge in [-0.1, -0.05) is 42.6 Å².